The monoisotopic (exact) mass is 363 g/mol. The topological polar surface area (TPSA) is 112 Å². The third-order valence-electron chi connectivity index (χ3n) is 3.51. The number of aromatic amines is 1. The molecule has 2 aromatic rings. The Morgan fingerprint density at radius 1 is 1.16 bits per heavy atom. The molecule has 8 heteroatoms. The lowest BCUT2D eigenvalue weighted by Gasteiger charge is -2.05. The summed E-state index contributed by atoms with van der Waals surface area (Å²) in [5, 5.41) is 11.7. The van der Waals surface area contributed by atoms with Gasteiger partial charge in [0.2, 0.25) is 0 Å². The SMILES string of the molecule is O=C(O)CCCCCNC(=O)c1cnc(-c2ccc(Cl)cc2)[nH]c1=O. The van der Waals surface area contributed by atoms with Crippen LogP contribution in [0.1, 0.15) is 36.0 Å². The third kappa shape index (κ3) is 5.72. The van der Waals surface area contributed by atoms with E-state index in [1.165, 1.54) is 6.20 Å². The molecule has 0 bridgehead atoms. The van der Waals surface area contributed by atoms with Crippen LogP contribution >= 0.6 is 11.6 Å². The number of nitrogens with zero attached hydrogens (tertiary/aromatic N) is 1. The number of carbonyl (C=O) groups excluding carboxylic acids is 1. The van der Waals surface area contributed by atoms with Crippen molar-refractivity contribution in [1.82, 2.24) is 15.3 Å². The zero-order valence-corrected chi connectivity index (χ0v) is 14.2. The molecular weight excluding hydrogens is 346 g/mol. The van der Waals surface area contributed by atoms with Gasteiger partial charge in [0.1, 0.15) is 11.4 Å². The number of carboxylic acids is 1. The Balaban J connectivity index is 1.91. The standard InChI is InChI=1S/C17H18ClN3O4/c18-12-7-5-11(6-8-12)15-20-10-13(17(25)21-15)16(24)19-9-3-1-2-4-14(22)23/h5-8,10H,1-4,9H2,(H,19,24)(H,22,23)(H,20,21,25). The van der Waals surface area contributed by atoms with Gasteiger partial charge in [-0.25, -0.2) is 4.98 Å². The smallest absolute Gasteiger partial charge is 0.303 e. The second kappa shape index (κ2) is 8.98. The zero-order valence-electron chi connectivity index (χ0n) is 13.4. The van der Waals surface area contributed by atoms with Crippen LogP contribution in [0, 0.1) is 0 Å². The average molecular weight is 364 g/mol. The minimum atomic E-state index is -0.831. The quantitative estimate of drug-likeness (QED) is 0.624. The maximum absolute atomic E-state index is 12.1. The Labute approximate surface area is 149 Å². The van der Waals surface area contributed by atoms with Crippen molar-refractivity contribution >= 4 is 23.5 Å². The Kier molecular flexibility index (Phi) is 6.71. The summed E-state index contributed by atoms with van der Waals surface area (Å²) in [5.74, 6) is -0.982. The van der Waals surface area contributed by atoms with Crippen LogP contribution in [0.4, 0.5) is 0 Å². The van der Waals surface area contributed by atoms with E-state index in [0.29, 0.717) is 42.2 Å². The minimum absolute atomic E-state index is 0.0664. The van der Waals surface area contributed by atoms with Crippen molar-refractivity contribution in [3.63, 3.8) is 0 Å². The molecule has 1 aromatic heterocycles. The molecule has 7 nitrogen and oxygen atoms in total. The van der Waals surface area contributed by atoms with Gasteiger partial charge in [-0.1, -0.05) is 18.0 Å². The second-order valence-corrected chi connectivity index (χ2v) is 5.88. The number of H-pyrrole nitrogens is 1. The summed E-state index contributed by atoms with van der Waals surface area (Å²) in [5.41, 5.74) is 0.0958. The van der Waals surface area contributed by atoms with Crippen molar-refractivity contribution in [3.05, 3.63) is 51.4 Å². The molecule has 0 aliphatic rings. The van der Waals surface area contributed by atoms with Crippen molar-refractivity contribution in [2.75, 3.05) is 6.54 Å². The molecule has 2 rings (SSSR count). The lowest BCUT2D eigenvalue weighted by Crippen LogP contribution is -2.30. The van der Waals surface area contributed by atoms with Crippen molar-refractivity contribution < 1.29 is 14.7 Å². The summed E-state index contributed by atoms with van der Waals surface area (Å²) >= 11 is 5.82. The number of carbonyl (C=O) groups is 2. The van der Waals surface area contributed by atoms with Crippen LogP contribution in [0.25, 0.3) is 11.4 Å². The van der Waals surface area contributed by atoms with Gasteiger partial charge in [0.05, 0.1) is 0 Å². The van der Waals surface area contributed by atoms with E-state index in [4.69, 9.17) is 16.7 Å². The predicted molar refractivity (Wildman–Crippen MR) is 93.7 cm³/mol. The van der Waals surface area contributed by atoms with Crippen LogP contribution in [-0.2, 0) is 4.79 Å². The van der Waals surface area contributed by atoms with Gasteiger partial charge in [0.15, 0.2) is 0 Å². The molecule has 0 unspecified atom stereocenters. The van der Waals surface area contributed by atoms with Gasteiger partial charge in [-0.05, 0) is 37.1 Å². The summed E-state index contributed by atoms with van der Waals surface area (Å²) in [7, 11) is 0. The molecule has 0 spiro atoms. The van der Waals surface area contributed by atoms with E-state index in [1.54, 1.807) is 24.3 Å². The number of carboxylic acid groups (broad SMARTS) is 1. The minimum Gasteiger partial charge on any atom is -0.481 e. The lowest BCUT2D eigenvalue weighted by molar-refractivity contribution is -0.137. The highest BCUT2D eigenvalue weighted by atomic mass is 35.5. The van der Waals surface area contributed by atoms with E-state index in [2.05, 4.69) is 15.3 Å². The predicted octanol–water partition coefficient (Wildman–Crippen LogP) is 2.47. The van der Waals surface area contributed by atoms with Crippen LogP contribution in [0.15, 0.2) is 35.3 Å². The molecule has 0 aliphatic heterocycles. The third-order valence-corrected chi connectivity index (χ3v) is 3.77. The van der Waals surface area contributed by atoms with Crippen molar-refractivity contribution in [2.45, 2.75) is 25.7 Å². The Hall–Kier alpha value is -2.67. The average Bonchev–Trinajstić information content (AvgIpc) is 2.58. The maximum Gasteiger partial charge on any atom is 0.303 e. The van der Waals surface area contributed by atoms with E-state index < -0.39 is 17.4 Å². The summed E-state index contributed by atoms with van der Waals surface area (Å²) < 4.78 is 0. The van der Waals surface area contributed by atoms with Crippen LogP contribution < -0.4 is 10.9 Å². The van der Waals surface area contributed by atoms with Crippen molar-refractivity contribution in [2.24, 2.45) is 0 Å². The highest BCUT2D eigenvalue weighted by Gasteiger charge is 2.12. The van der Waals surface area contributed by atoms with Crippen molar-refractivity contribution in [3.8, 4) is 11.4 Å². The van der Waals surface area contributed by atoms with E-state index in [0.717, 1.165) is 0 Å². The first kappa shape index (κ1) is 18.7. The molecule has 0 radical (unpaired) electrons. The van der Waals surface area contributed by atoms with Gasteiger partial charge < -0.3 is 15.4 Å². The molecule has 1 aromatic carbocycles. The molecule has 1 heterocycles. The van der Waals surface area contributed by atoms with Crippen molar-refractivity contribution in [1.29, 1.82) is 0 Å². The fourth-order valence-electron chi connectivity index (χ4n) is 2.19. The number of halogens is 1. The van der Waals surface area contributed by atoms with E-state index in [1.807, 2.05) is 0 Å². The Morgan fingerprint density at radius 2 is 1.88 bits per heavy atom. The summed E-state index contributed by atoms with van der Waals surface area (Å²) in [6, 6.07) is 6.80. The molecule has 0 saturated heterocycles. The van der Waals surface area contributed by atoms with Gasteiger partial charge >= 0.3 is 5.97 Å². The zero-order chi connectivity index (χ0) is 18.2. The van der Waals surface area contributed by atoms with Crippen LogP contribution in [0.3, 0.4) is 0 Å². The number of amides is 1. The van der Waals surface area contributed by atoms with Crippen LogP contribution in [0.2, 0.25) is 5.02 Å². The van der Waals surface area contributed by atoms with E-state index >= 15 is 0 Å². The first-order valence-electron chi connectivity index (χ1n) is 7.82. The molecule has 1 amide bonds. The molecule has 0 saturated carbocycles. The van der Waals surface area contributed by atoms with Gasteiger partial charge in [0, 0.05) is 29.7 Å². The number of hydrogen-bond acceptors (Lipinski definition) is 4. The molecule has 3 N–H and O–H groups in total. The summed E-state index contributed by atoms with van der Waals surface area (Å²) in [4.78, 5) is 41.2. The fraction of sp³-hybridized carbons (Fsp3) is 0.294. The van der Waals surface area contributed by atoms with Gasteiger partial charge in [-0.2, -0.15) is 0 Å². The molecule has 0 aliphatic carbocycles. The number of unbranched alkanes of at least 4 members (excludes halogenated alkanes) is 2. The second-order valence-electron chi connectivity index (χ2n) is 5.44. The Morgan fingerprint density at radius 3 is 2.52 bits per heavy atom. The summed E-state index contributed by atoms with van der Waals surface area (Å²) in [6.45, 7) is 0.372. The van der Waals surface area contributed by atoms with E-state index in [9.17, 15) is 14.4 Å². The summed E-state index contributed by atoms with van der Waals surface area (Å²) in [6.07, 6.45) is 3.25. The highest BCUT2D eigenvalue weighted by molar-refractivity contribution is 6.30. The molecule has 25 heavy (non-hydrogen) atoms. The van der Waals surface area contributed by atoms with Gasteiger partial charge in [-0.15, -0.1) is 0 Å². The number of nitrogens with one attached hydrogen (secondary N) is 2. The van der Waals surface area contributed by atoms with E-state index in [-0.39, 0.29) is 12.0 Å². The number of rotatable bonds is 8. The van der Waals surface area contributed by atoms with Crippen LogP contribution in [-0.4, -0.2) is 33.5 Å². The normalized spacial score (nSPS) is 10.4. The first-order chi connectivity index (χ1) is 12.0. The number of hydrogen-bond donors (Lipinski definition) is 3. The number of aromatic nitrogens is 2. The number of aliphatic carboxylic acids is 1. The fourth-order valence-corrected chi connectivity index (χ4v) is 2.31. The molecule has 0 fully saturated rings. The highest BCUT2D eigenvalue weighted by Crippen LogP contribution is 2.16. The van der Waals surface area contributed by atoms with Gasteiger partial charge in [0.25, 0.3) is 11.5 Å². The largest absolute Gasteiger partial charge is 0.481 e. The number of benzene rings is 1. The first-order valence-corrected chi connectivity index (χ1v) is 8.20. The van der Waals surface area contributed by atoms with Crippen LogP contribution in [0.5, 0.6) is 0 Å². The lowest BCUT2D eigenvalue weighted by atomic mass is 10.2. The molecule has 0 atom stereocenters. The molecular formula is C17H18ClN3O4. The molecule has 132 valence electrons. The maximum atomic E-state index is 12.1. The Bertz CT molecular complexity index is 802. The van der Waals surface area contributed by atoms with Gasteiger partial charge in [-0.3, -0.25) is 14.4 Å².